The van der Waals surface area contributed by atoms with Crippen LogP contribution >= 0.6 is 0 Å². The first kappa shape index (κ1) is 23.2. The maximum atomic E-state index is 2.40. The molecule has 4 rings (SSSR count). The van der Waals surface area contributed by atoms with E-state index in [1.54, 1.807) is 0 Å². The van der Waals surface area contributed by atoms with Gasteiger partial charge in [-0.05, 0) is 0 Å². The molecule has 0 heterocycles. The molecule has 0 spiro atoms. The van der Waals surface area contributed by atoms with Crippen LogP contribution in [0.15, 0.2) is 60.7 Å². The predicted octanol–water partition coefficient (Wildman–Crippen LogP) is 0.274. The molecular formula is C25H25Cl2Ti. The van der Waals surface area contributed by atoms with E-state index in [1.807, 2.05) is 0 Å². The van der Waals surface area contributed by atoms with E-state index >= 15 is 0 Å². The molecular weight excluding hydrogens is 419 g/mol. The van der Waals surface area contributed by atoms with Crippen LogP contribution in [-0.4, -0.2) is 0 Å². The van der Waals surface area contributed by atoms with Gasteiger partial charge < -0.3 is 24.8 Å². The Balaban J connectivity index is 0.00000140. The molecule has 3 aromatic rings. The monoisotopic (exact) mass is 443 g/mol. The minimum Gasteiger partial charge on any atom is -1.00 e. The number of benzene rings is 3. The van der Waals surface area contributed by atoms with E-state index in [-0.39, 0.29) is 24.8 Å². The molecule has 0 atom stereocenters. The molecule has 0 nitrogen and oxygen atoms in total. The molecule has 3 aromatic carbocycles. The average molecular weight is 444 g/mol. The second-order valence-electron chi connectivity index (χ2n) is 7.95. The van der Waals surface area contributed by atoms with Crippen LogP contribution in [0.5, 0.6) is 0 Å². The Morgan fingerprint density at radius 3 is 1.61 bits per heavy atom. The van der Waals surface area contributed by atoms with Crippen molar-refractivity contribution in [3.05, 3.63) is 88.5 Å². The zero-order chi connectivity index (χ0) is 18.4. The smallest absolute Gasteiger partial charge is 1.00 e. The van der Waals surface area contributed by atoms with Gasteiger partial charge in [0.15, 0.2) is 0 Å². The second-order valence-corrected chi connectivity index (χ2v) is 8.73. The Kier molecular flexibility index (Phi) is 7.62. The van der Waals surface area contributed by atoms with Gasteiger partial charge in [-0.15, -0.1) is 0 Å². The Morgan fingerprint density at radius 1 is 0.643 bits per heavy atom. The van der Waals surface area contributed by atoms with Crippen LogP contribution in [0.1, 0.15) is 73.3 Å². The molecule has 0 radical (unpaired) electrons. The van der Waals surface area contributed by atoms with Crippen molar-refractivity contribution >= 4 is 3.87 Å². The van der Waals surface area contributed by atoms with Crippen molar-refractivity contribution in [2.24, 2.45) is 0 Å². The van der Waals surface area contributed by atoms with Gasteiger partial charge in [-0.25, -0.2) is 0 Å². The van der Waals surface area contributed by atoms with Crippen LogP contribution in [0.2, 0.25) is 0 Å². The summed E-state index contributed by atoms with van der Waals surface area (Å²) in [6.45, 7) is 9.27. The summed E-state index contributed by atoms with van der Waals surface area (Å²) < 4.78 is 1.48. The third kappa shape index (κ3) is 3.73. The normalized spacial score (nSPS) is 12.4. The summed E-state index contributed by atoms with van der Waals surface area (Å²) in [7, 11) is 0. The van der Waals surface area contributed by atoms with Gasteiger partial charge in [0.25, 0.3) is 0 Å². The van der Waals surface area contributed by atoms with Gasteiger partial charge in [0.1, 0.15) is 0 Å². The summed E-state index contributed by atoms with van der Waals surface area (Å²) in [6.07, 6.45) is 0. The summed E-state index contributed by atoms with van der Waals surface area (Å²) in [5, 5.41) is 0. The SMILES string of the molecule is CC(C)c1ccc(C2c3ccccc3-c3ccccc32)c(C(C)C)[c]1[Ti+2].[Cl-].[Cl-]. The minimum absolute atomic E-state index is 0. The molecule has 0 saturated heterocycles. The van der Waals surface area contributed by atoms with Crippen molar-refractivity contribution in [3.63, 3.8) is 0 Å². The minimum atomic E-state index is 0. The van der Waals surface area contributed by atoms with Gasteiger partial charge in [-0.3, -0.25) is 0 Å². The van der Waals surface area contributed by atoms with Gasteiger partial charge >= 0.3 is 169 Å². The molecule has 0 unspecified atom stereocenters. The molecule has 1 aliphatic carbocycles. The van der Waals surface area contributed by atoms with Crippen LogP contribution in [0, 0.1) is 0 Å². The zero-order valence-corrected chi connectivity index (χ0v) is 19.8. The molecule has 0 aromatic heterocycles. The molecule has 0 N–H and O–H groups in total. The summed E-state index contributed by atoms with van der Waals surface area (Å²) in [6, 6.07) is 22.6. The zero-order valence-electron chi connectivity index (χ0n) is 16.8. The van der Waals surface area contributed by atoms with E-state index in [9.17, 15) is 0 Å². The Bertz CT molecular complexity index is 931. The Morgan fingerprint density at radius 2 is 1.14 bits per heavy atom. The van der Waals surface area contributed by atoms with Crippen molar-refractivity contribution in [3.8, 4) is 11.1 Å². The molecule has 143 valence electrons. The summed E-state index contributed by atoms with van der Waals surface area (Å²) >= 11 is 2.32. The molecule has 0 saturated carbocycles. The maximum Gasteiger partial charge on any atom is -1.00 e. The van der Waals surface area contributed by atoms with E-state index in [1.165, 1.54) is 42.8 Å². The predicted molar refractivity (Wildman–Crippen MR) is 107 cm³/mol. The molecule has 28 heavy (non-hydrogen) atoms. The molecule has 3 heteroatoms. The Hall–Kier alpha value is -1.05. The number of hydrogen-bond acceptors (Lipinski definition) is 0. The first-order valence-corrected chi connectivity index (χ1v) is 10.3. The van der Waals surface area contributed by atoms with Crippen molar-refractivity contribution in [2.45, 2.75) is 45.4 Å². The van der Waals surface area contributed by atoms with Crippen LogP contribution in [0.25, 0.3) is 11.1 Å². The maximum absolute atomic E-state index is 2.40. The number of hydrogen-bond donors (Lipinski definition) is 0. The van der Waals surface area contributed by atoms with E-state index in [0.29, 0.717) is 17.8 Å². The molecule has 0 aliphatic heterocycles. The van der Waals surface area contributed by atoms with E-state index < -0.39 is 0 Å². The molecule has 1 aliphatic rings. The number of fused-ring (bicyclic) bond motifs is 3. The van der Waals surface area contributed by atoms with Gasteiger partial charge in [-0.1, -0.05) is 0 Å². The average Bonchev–Trinajstić information content (AvgIpc) is 2.95. The fourth-order valence-corrected chi connectivity index (χ4v) is 5.76. The van der Waals surface area contributed by atoms with Crippen LogP contribution < -0.4 is 28.7 Å². The molecule has 0 amide bonds. The van der Waals surface area contributed by atoms with Gasteiger partial charge in [0.2, 0.25) is 0 Å². The van der Waals surface area contributed by atoms with E-state index in [2.05, 4.69) is 109 Å². The quantitative estimate of drug-likeness (QED) is 0.399. The fourth-order valence-electron chi connectivity index (χ4n) is 4.50. The van der Waals surface area contributed by atoms with Crippen LogP contribution in [0.3, 0.4) is 0 Å². The summed E-state index contributed by atoms with van der Waals surface area (Å²) in [5.41, 5.74) is 10.2. The van der Waals surface area contributed by atoms with Crippen molar-refractivity contribution in [2.75, 3.05) is 0 Å². The third-order valence-electron chi connectivity index (χ3n) is 5.66. The molecule has 0 fully saturated rings. The van der Waals surface area contributed by atoms with Gasteiger partial charge in [0, 0.05) is 0 Å². The van der Waals surface area contributed by atoms with E-state index in [4.69, 9.17) is 0 Å². The summed E-state index contributed by atoms with van der Waals surface area (Å²) in [4.78, 5) is 0. The largest absolute Gasteiger partial charge is 1.00 e. The van der Waals surface area contributed by atoms with Crippen molar-refractivity contribution < 1.29 is 45.2 Å². The van der Waals surface area contributed by atoms with Crippen LogP contribution in [-0.2, 0) is 20.4 Å². The van der Waals surface area contributed by atoms with Gasteiger partial charge in [-0.2, -0.15) is 0 Å². The summed E-state index contributed by atoms with van der Waals surface area (Å²) in [5.74, 6) is 1.42. The molecule has 0 bridgehead atoms. The fraction of sp³-hybridized carbons (Fsp3) is 0.280. The number of halogens is 2. The van der Waals surface area contributed by atoms with Gasteiger partial charge in [0.05, 0.1) is 0 Å². The third-order valence-corrected chi connectivity index (χ3v) is 6.53. The Labute approximate surface area is 193 Å². The second kappa shape index (κ2) is 9.18. The first-order chi connectivity index (χ1) is 12.5. The standard InChI is InChI=1S/C25H25.2ClH.Ti/c1-16(2)18-13-14-23(24(15-18)17(3)4)25-21-11-7-5-9-19(21)20-10-6-8-12-22(20)25;;;/h5-14,16-17,25H,1-4H3;2*1H;/q;;;+2/p-2. The topological polar surface area (TPSA) is 0 Å². The first-order valence-electron chi connectivity index (χ1n) is 9.57. The number of rotatable bonds is 3. The van der Waals surface area contributed by atoms with Crippen LogP contribution in [0.4, 0.5) is 0 Å². The van der Waals surface area contributed by atoms with E-state index in [0.717, 1.165) is 0 Å². The van der Waals surface area contributed by atoms with Crippen molar-refractivity contribution in [1.29, 1.82) is 0 Å². The van der Waals surface area contributed by atoms with Crippen molar-refractivity contribution in [1.82, 2.24) is 0 Å².